The van der Waals surface area contributed by atoms with E-state index in [9.17, 15) is 13.2 Å². The molecule has 28 heavy (non-hydrogen) atoms. The molecule has 5 nitrogen and oxygen atoms in total. The Morgan fingerprint density at radius 1 is 1.00 bits per heavy atom. The van der Waals surface area contributed by atoms with Gasteiger partial charge in [-0.15, -0.1) is 0 Å². The van der Waals surface area contributed by atoms with Crippen molar-refractivity contribution in [3.05, 3.63) is 71.8 Å². The van der Waals surface area contributed by atoms with Gasteiger partial charge in [-0.1, -0.05) is 41.9 Å². The summed E-state index contributed by atoms with van der Waals surface area (Å²) in [5.41, 5.74) is 0.587. The van der Waals surface area contributed by atoms with Crippen LogP contribution in [0.25, 0.3) is 10.8 Å². The van der Waals surface area contributed by atoms with Gasteiger partial charge in [-0.25, -0.2) is 8.42 Å². The first-order valence-corrected chi connectivity index (χ1v) is 10.8. The van der Waals surface area contributed by atoms with Gasteiger partial charge >= 0.3 is 0 Å². The molecule has 1 aliphatic heterocycles. The van der Waals surface area contributed by atoms with Crippen molar-refractivity contribution in [2.45, 2.75) is 23.8 Å². The highest BCUT2D eigenvalue weighted by Gasteiger charge is 2.39. The summed E-state index contributed by atoms with van der Waals surface area (Å²) in [5, 5.41) is 5.18. The number of nitrogens with one attached hydrogen (secondary N) is 1. The average Bonchev–Trinajstić information content (AvgIpc) is 3.20. The minimum atomic E-state index is -3.77. The molecule has 0 unspecified atom stereocenters. The number of amides is 1. The summed E-state index contributed by atoms with van der Waals surface area (Å²) in [6.07, 6.45) is 1.14. The summed E-state index contributed by atoms with van der Waals surface area (Å²) in [6.45, 7) is 0.327. The Morgan fingerprint density at radius 2 is 1.71 bits per heavy atom. The molecule has 0 radical (unpaired) electrons. The van der Waals surface area contributed by atoms with Crippen LogP contribution in [0.1, 0.15) is 12.8 Å². The number of sulfonamides is 1. The lowest BCUT2D eigenvalue weighted by Gasteiger charge is -2.23. The highest BCUT2D eigenvalue weighted by molar-refractivity contribution is 7.89. The Labute approximate surface area is 169 Å². The fourth-order valence-electron chi connectivity index (χ4n) is 3.51. The van der Waals surface area contributed by atoms with Crippen LogP contribution in [-0.4, -0.2) is 31.2 Å². The Bertz CT molecular complexity index is 1130. The number of hydrogen-bond donors (Lipinski definition) is 1. The summed E-state index contributed by atoms with van der Waals surface area (Å²) in [4.78, 5) is 13.0. The maximum atomic E-state index is 13.2. The first-order valence-electron chi connectivity index (χ1n) is 9.02. The highest BCUT2D eigenvalue weighted by Crippen LogP contribution is 2.29. The molecule has 7 heteroatoms. The van der Waals surface area contributed by atoms with E-state index in [4.69, 9.17) is 11.6 Å². The van der Waals surface area contributed by atoms with Gasteiger partial charge in [-0.05, 0) is 60.0 Å². The molecule has 0 spiro atoms. The predicted molar refractivity (Wildman–Crippen MR) is 111 cm³/mol. The molecule has 1 aliphatic rings. The van der Waals surface area contributed by atoms with Crippen molar-refractivity contribution in [2.24, 2.45) is 0 Å². The monoisotopic (exact) mass is 414 g/mol. The number of halogens is 1. The van der Waals surface area contributed by atoms with E-state index >= 15 is 0 Å². The zero-order valence-electron chi connectivity index (χ0n) is 15.0. The molecule has 3 aromatic carbocycles. The molecular weight excluding hydrogens is 396 g/mol. The number of nitrogens with zero attached hydrogens (tertiary/aromatic N) is 1. The number of benzene rings is 3. The topological polar surface area (TPSA) is 66.5 Å². The lowest BCUT2D eigenvalue weighted by atomic mass is 10.1. The standard InChI is InChI=1S/C21H19ClN2O3S/c22-17-8-10-18(11-9-17)23-21(25)20-6-3-13-24(20)28(26,27)19-12-7-15-4-1-2-5-16(15)14-19/h1-2,4-5,7-12,14,20H,3,6,13H2,(H,23,25)/t20-/m1/s1. The van der Waals surface area contributed by atoms with Crippen molar-refractivity contribution in [3.63, 3.8) is 0 Å². The average molecular weight is 415 g/mol. The molecule has 4 rings (SSSR count). The third-order valence-corrected chi connectivity index (χ3v) is 7.10. The molecule has 144 valence electrons. The van der Waals surface area contributed by atoms with Crippen LogP contribution in [0.4, 0.5) is 5.69 Å². The van der Waals surface area contributed by atoms with E-state index < -0.39 is 16.1 Å². The zero-order valence-corrected chi connectivity index (χ0v) is 16.6. The summed E-state index contributed by atoms with van der Waals surface area (Å²) in [7, 11) is -3.77. The van der Waals surface area contributed by atoms with Crippen LogP contribution in [-0.2, 0) is 14.8 Å². The fourth-order valence-corrected chi connectivity index (χ4v) is 5.33. The van der Waals surface area contributed by atoms with Crippen LogP contribution >= 0.6 is 11.6 Å². The first kappa shape index (κ1) is 18.9. The maximum Gasteiger partial charge on any atom is 0.243 e. The first-order chi connectivity index (χ1) is 13.4. The van der Waals surface area contributed by atoms with Gasteiger partial charge in [0, 0.05) is 17.3 Å². The summed E-state index contributed by atoms with van der Waals surface area (Å²) in [5.74, 6) is -0.329. The van der Waals surface area contributed by atoms with Gasteiger partial charge in [0.15, 0.2) is 0 Å². The Hall–Kier alpha value is -2.41. The van der Waals surface area contributed by atoms with E-state index in [-0.39, 0.29) is 10.8 Å². The molecule has 0 aromatic heterocycles. The molecule has 1 N–H and O–H groups in total. The minimum Gasteiger partial charge on any atom is -0.325 e. The van der Waals surface area contributed by atoms with Crippen LogP contribution in [0.2, 0.25) is 5.02 Å². The Balaban J connectivity index is 1.60. The number of hydrogen-bond acceptors (Lipinski definition) is 3. The second-order valence-electron chi connectivity index (χ2n) is 6.78. The molecule has 0 saturated carbocycles. The largest absolute Gasteiger partial charge is 0.325 e. The summed E-state index contributed by atoms with van der Waals surface area (Å²) >= 11 is 5.87. The highest BCUT2D eigenvalue weighted by atomic mass is 35.5. The Kier molecular flexibility index (Phi) is 5.10. The normalized spacial score (nSPS) is 17.7. The van der Waals surface area contributed by atoms with E-state index in [1.54, 1.807) is 42.5 Å². The smallest absolute Gasteiger partial charge is 0.243 e. The number of fused-ring (bicyclic) bond motifs is 1. The molecule has 1 saturated heterocycles. The second kappa shape index (κ2) is 7.54. The molecule has 1 heterocycles. The molecule has 1 amide bonds. The van der Waals surface area contributed by atoms with E-state index in [0.717, 1.165) is 10.8 Å². The van der Waals surface area contributed by atoms with Crippen LogP contribution < -0.4 is 5.32 Å². The van der Waals surface area contributed by atoms with Crippen LogP contribution in [0.5, 0.6) is 0 Å². The van der Waals surface area contributed by atoms with Crippen molar-refractivity contribution in [3.8, 4) is 0 Å². The SMILES string of the molecule is O=C(Nc1ccc(Cl)cc1)[C@H]1CCCN1S(=O)(=O)c1ccc2ccccc2c1. The van der Waals surface area contributed by atoms with Gasteiger partial charge in [-0.3, -0.25) is 4.79 Å². The second-order valence-corrected chi connectivity index (χ2v) is 9.11. The van der Waals surface area contributed by atoms with Gasteiger partial charge in [-0.2, -0.15) is 4.31 Å². The van der Waals surface area contributed by atoms with Crippen molar-refractivity contribution >= 4 is 44.0 Å². The Morgan fingerprint density at radius 3 is 2.46 bits per heavy atom. The molecule has 0 aliphatic carbocycles. The summed E-state index contributed by atoms with van der Waals surface area (Å²) in [6, 6.07) is 18.7. The van der Waals surface area contributed by atoms with Crippen molar-refractivity contribution in [1.29, 1.82) is 0 Å². The molecule has 1 fully saturated rings. The van der Waals surface area contributed by atoms with Crippen molar-refractivity contribution < 1.29 is 13.2 Å². The molecule has 1 atom stereocenters. The molecule has 0 bridgehead atoms. The van der Waals surface area contributed by atoms with Crippen LogP contribution in [0, 0.1) is 0 Å². The minimum absolute atomic E-state index is 0.206. The molecule has 3 aromatic rings. The van der Waals surface area contributed by atoms with Crippen molar-refractivity contribution in [1.82, 2.24) is 4.31 Å². The third kappa shape index (κ3) is 3.63. The van der Waals surface area contributed by atoms with Gasteiger partial charge in [0.05, 0.1) is 4.90 Å². The van der Waals surface area contributed by atoms with E-state index in [2.05, 4.69) is 5.32 Å². The maximum absolute atomic E-state index is 13.2. The van der Waals surface area contributed by atoms with Crippen LogP contribution in [0.3, 0.4) is 0 Å². The van der Waals surface area contributed by atoms with Gasteiger partial charge < -0.3 is 5.32 Å². The van der Waals surface area contributed by atoms with E-state index in [0.29, 0.717) is 30.1 Å². The number of rotatable bonds is 4. The lowest BCUT2D eigenvalue weighted by Crippen LogP contribution is -2.43. The van der Waals surface area contributed by atoms with Gasteiger partial charge in [0.25, 0.3) is 0 Å². The lowest BCUT2D eigenvalue weighted by molar-refractivity contribution is -0.119. The van der Waals surface area contributed by atoms with Gasteiger partial charge in [0.1, 0.15) is 6.04 Å². The van der Waals surface area contributed by atoms with Crippen molar-refractivity contribution in [2.75, 3.05) is 11.9 Å². The molecular formula is C21H19ClN2O3S. The zero-order chi connectivity index (χ0) is 19.7. The predicted octanol–water partition coefficient (Wildman–Crippen LogP) is 4.29. The summed E-state index contributed by atoms with van der Waals surface area (Å²) < 4.78 is 27.7. The number of anilines is 1. The fraction of sp³-hybridized carbons (Fsp3) is 0.190. The quantitative estimate of drug-likeness (QED) is 0.692. The number of carbonyl (C=O) groups is 1. The van der Waals surface area contributed by atoms with E-state index in [1.165, 1.54) is 4.31 Å². The van der Waals surface area contributed by atoms with Gasteiger partial charge in [0.2, 0.25) is 15.9 Å². The third-order valence-electron chi connectivity index (χ3n) is 4.95. The number of carbonyl (C=O) groups excluding carboxylic acids is 1. The van der Waals surface area contributed by atoms with Crippen LogP contribution in [0.15, 0.2) is 71.6 Å². The van der Waals surface area contributed by atoms with E-state index in [1.807, 2.05) is 24.3 Å².